The predicted molar refractivity (Wildman–Crippen MR) is 176 cm³/mol. The highest BCUT2D eigenvalue weighted by Crippen LogP contribution is 2.26. The molecule has 0 aliphatic heterocycles. The van der Waals surface area contributed by atoms with Crippen LogP contribution in [0.25, 0.3) is 0 Å². The molecule has 0 fully saturated rings. The van der Waals surface area contributed by atoms with Crippen LogP contribution in [0.15, 0.2) is 114 Å². The van der Waals surface area contributed by atoms with Crippen LogP contribution in [0, 0.1) is 0 Å². The molecule has 1 N–H and O–H groups in total. The SMILES string of the molecule is CC[C@H](C)NC(=O)[C@H](Cc1ccccc1)N(Cc1ccc(Cl)cc1)C(=O)CN(c1ccc(Cl)cc1)S(=O)(=O)c1ccccc1. The minimum Gasteiger partial charge on any atom is -0.352 e. The molecule has 4 aromatic carbocycles. The summed E-state index contributed by atoms with van der Waals surface area (Å²) >= 11 is 12.2. The van der Waals surface area contributed by atoms with Crippen LogP contribution < -0.4 is 9.62 Å². The zero-order chi connectivity index (χ0) is 31.7. The summed E-state index contributed by atoms with van der Waals surface area (Å²) in [5.41, 5.74) is 1.86. The molecule has 10 heteroatoms. The van der Waals surface area contributed by atoms with Gasteiger partial charge in [-0.15, -0.1) is 0 Å². The molecule has 0 aliphatic carbocycles. The third-order valence-corrected chi connectivity index (χ3v) is 9.56. The van der Waals surface area contributed by atoms with Crippen LogP contribution in [0.3, 0.4) is 0 Å². The van der Waals surface area contributed by atoms with Crippen molar-refractivity contribution in [2.75, 3.05) is 10.8 Å². The molecule has 2 amide bonds. The summed E-state index contributed by atoms with van der Waals surface area (Å²) in [4.78, 5) is 29.8. The van der Waals surface area contributed by atoms with Crippen LogP contribution in [0.5, 0.6) is 0 Å². The molecule has 0 heterocycles. The van der Waals surface area contributed by atoms with Gasteiger partial charge in [0, 0.05) is 29.1 Å². The Morgan fingerprint density at radius 3 is 1.89 bits per heavy atom. The van der Waals surface area contributed by atoms with E-state index in [1.54, 1.807) is 66.7 Å². The summed E-state index contributed by atoms with van der Waals surface area (Å²) in [5.74, 6) is -0.871. The van der Waals surface area contributed by atoms with Crippen molar-refractivity contribution in [2.45, 2.75) is 50.2 Å². The second kappa shape index (κ2) is 15.2. The minimum absolute atomic E-state index is 0.0300. The summed E-state index contributed by atoms with van der Waals surface area (Å²) in [5, 5.41) is 3.98. The average Bonchev–Trinajstić information content (AvgIpc) is 3.03. The van der Waals surface area contributed by atoms with Crippen LogP contribution >= 0.6 is 23.2 Å². The third kappa shape index (κ3) is 8.62. The van der Waals surface area contributed by atoms with Crippen LogP contribution in [-0.4, -0.2) is 43.8 Å². The van der Waals surface area contributed by atoms with Gasteiger partial charge in [0.1, 0.15) is 12.6 Å². The first-order valence-electron chi connectivity index (χ1n) is 14.3. The third-order valence-electron chi connectivity index (χ3n) is 7.26. The number of amides is 2. The molecule has 0 aliphatic rings. The molecule has 4 aromatic rings. The highest BCUT2D eigenvalue weighted by molar-refractivity contribution is 7.92. The standard InChI is InChI=1S/C34H35Cl2N3O4S/c1-3-25(2)37-34(41)32(22-26-10-6-4-7-11-26)38(23-27-14-16-28(35)17-15-27)33(40)24-39(30-20-18-29(36)19-21-30)44(42,43)31-12-8-5-9-13-31/h4-21,25,32H,3,22-24H2,1-2H3,(H,37,41)/t25-,32-/m0/s1. The molecule has 4 rings (SSSR count). The molecule has 44 heavy (non-hydrogen) atoms. The van der Waals surface area contributed by atoms with E-state index in [0.717, 1.165) is 15.4 Å². The number of sulfonamides is 1. The van der Waals surface area contributed by atoms with Crippen LogP contribution in [0.4, 0.5) is 5.69 Å². The molecular weight excluding hydrogens is 617 g/mol. The van der Waals surface area contributed by atoms with Crippen molar-refractivity contribution in [3.05, 3.63) is 130 Å². The summed E-state index contributed by atoms with van der Waals surface area (Å²) in [6, 6.07) is 29.5. The highest BCUT2D eigenvalue weighted by Gasteiger charge is 2.35. The Hall–Kier alpha value is -3.85. The van der Waals surface area contributed by atoms with Gasteiger partial charge in [-0.05, 0) is 73.0 Å². The maximum absolute atomic E-state index is 14.4. The molecule has 0 radical (unpaired) electrons. The number of nitrogens with one attached hydrogen (secondary N) is 1. The largest absolute Gasteiger partial charge is 0.352 e. The van der Waals surface area contributed by atoms with Gasteiger partial charge in [-0.3, -0.25) is 13.9 Å². The van der Waals surface area contributed by atoms with E-state index in [1.807, 2.05) is 44.2 Å². The van der Waals surface area contributed by atoms with Crippen molar-refractivity contribution in [3.63, 3.8) is 0 Å². The topological polar surface area (TPSA) is 86.8 Å². The van der Waals surface area contributed by atoms with Crippen molar-refractivity contribution in [1.29, 1.82) is 0 Å². The van der Waals surface area contributed by atoms with Gasteiger partial charge in [-0.1, -0.05) is 90.8 Å². The summed E-state index contributed by atoms with van der Waals surface area (Å²) in [6.07, 6.45) is 0.934. The number of carbonyl (C=O) groups is 2. The van der Waals surface area contributed by atoms with Gasteiger partial charge in [0.2, 0.25) is 11.8 Å². The van der Waals surface area contributed by atoms with Gasteiger partial charge >= 0.3 is 0 Å². The summed E-state index contributed by atoms with van der Waals surface area (Å²) in [7, 11) is -4.18. The molecule has 0 bridgehead atoms. The van der Waals surface area contributed by atoms with Crippen molar-refractivity contribution < 1.29 is 18.0 Å². The van der Waals surface area contributed by atoms with E-state index in [2.05, 4.69) is 5.32 Å². The molecule has 0 aromatic heterocycles. The van der Waals surface area contributed by atoms with Gasteiger partial charge in [0.25, 0.3) is 10.0 Å². The second-order valence-electron chi connectivity index (χ2n) is 10.5. The molecule has 0 saturated heterocycles. The molecular formula is C34H35Cl2N3O4S. The fourth-order valence-electron chi connectivity index (χ4n) is 4.64. The minimum atomic E-state index is -4.18. The van der Waals surface area contributed by atoms with Crippen molar-refractivity contribution in [2.24, 2.45) is 0 Å². The lowest BCUT2D eigenvalue weighted by molar-refractivity contribution is -0.140. The lowest BCUT2D eigenvalue weighted by Gasteiger charge is -2.34. The average molecular weight is 653 g/mol. The Bertz CT molecular complexity index is 1640. The van der Waals surface area contributed by atoms with Crippen molar-refractivity contribution in [3.8, 4) is 0 Å². The quantitative estimate of drug-likeness (QED) is 0.173. The predicted octanol–water partition coefficient (Wildman–Crippen LogP) is 6.74. The fraction of sp³-hybridized carbons (Fsp3) is 0.235. The number of benzene rings is 4. The van der Waals surface area contributed by atoms with E-state index >= 15 is 0 Å². The maximum atomic E-state index is 14.4. The van der Waals surface area contributed by atoms with E-state index < -0.39 is 28.5 Å². The van der Waals surface area contributed by atoms with E-state index in [1.165, 1.54) is 17.0 Å². The van der Waals surface area contributed by atoms with E-state index in [9.17, 15) is 18.0 Å². The van der Waals surface area contributed by atoms with E-state index in [-0.39, 0.29) is 35.5 Å². The smallest absolute Gasteiger partial charge is 0.264 e. The number of rotatable bonds is 13. The highest BCUT2D eigenvalue weighted by atomic mass is 35.5. The van der Waals surface area contributed by atoms with Gasteiger partial charge < -0.3 is 10.2 Å². The zero-order valence-electron chi connectivity index (χ0n) is 24.6. The Balaban J connectivity index is 1.79. The lowest BCUT2D eigenvalue weighted by Crippen LogP contribution is -2.54. The maximum Gasteiger partial charge on any atom is 0.264 e. The number of hydrogen-bond acceptors (Lipinski definition) is 4. The first-order chi connectivity index (χ1) is 21.1. The van der Waals surface area contributed by atoms with Crippen molar-refractivity contribution in [1.82, 2.24) is 10.2 Å². The molecule has 0 saturated carbocycles. The lowest BCUT2D eigenvalue weighted by atomic mass is 10.0. The Morgan fingerprint density at radius 2 is 1.32 bits per heavy atom. The number of nitrogens with zero attached hydrogens (tertiary/aromatic N) is 2. The van der Waals surface area contributed by atoms with Crippen LogP contribution in [0.2, 0.25) is 10.0 Å². The monoisotopic (exact) mass is 651 g/mol. The molecule has 7 nitrogen and oxygen atoms in total. The molecule has 0 unspecified atom stereocenters. The molecule has 0 spiro atoms. The number of halogens is 2. The summed E-state index contributed by atoms with van der Waals surface area (Å²) in [6.45, 7) is 3.37. The molecule has 230 valence electrons. The molecule has 2 atom stereocenters. The summed E-state index contributed by atoms with van der Waals surface area (Å²) < 4.78 is 29.0. The van der Waals surface area contributed by atoms with Gasteiger partial charge in [-0.25, -0.2) is 8.42 Å². The van der Waals surface area contributed by atoms with Gasteiger partial charge in [-0.2, -0.15) is 0 Å². The van der Waals surface area contributed by atoms with Crippen LogP contribution in [-0.2, 0) is 32.6 Å². The number of anilines is 1. The Labute approximate surface area is 269 Å². The number of hydrogen-bond donors (Lipinski definition) is 1. The fourth-order valence-corrected chi connectivity index (χ4v) is 6.32. The normalized spacial score (nSPS) is 12.6. The first-order valence-corrected chi connectivity index (χ1v) is 16.5. The zero-order valence-corrected chi connectivity index (χ0v) is 26.9. The Morgan fingerprint density at radius 1 is 0.773 bits per heavy atom. The van der Waals surface area contributed by atoms with E-state index in [0.29, 0.717) is 16.5 Å². The van der Waals surface area contributed by atoms with E-state index in [4.69, 9.17) is 23.2 Å². The van der Waals surface area contributed by atoms with Gasteiger partial charge in [0.05, 0.1) is 10.6 Å². The Kier molecular flexibility index (Phi) is 11.4. The second-order valence-corrected chi connectivity index (χ2v) is 13.2. The first kappa shape index (κ1) is 33.1. The van der Waals surface area contributed by atoms with Gasteiger partial charge in [0.15, 0.2) is 0 Å². The number of carbonyl (C=O) groups excluding carboxylic acids is 2. The van der Waals surface area contributed by atoms with Crippen molar-refractivity contribution >= 4 is 50.7 Å². The van der Waals surface area contributed by atoms with Crippen LogP contribution in [0.1, 0.15) is 31.4 Å².